The van der Waals surface area contributed by atoms with Crippen LogP contribution in [-0.4, -0.2) is 15.9 Å². The zero-order valence-corrected chi connectivity index (χ0v) is 16.6. The number of hydrogen-bond acceptors (Lipinski definition) is 9. The first-order valence-corrected chi connectivity index (χ1v) is 9.90. The summed E-state index contributed by atoms with van der Waals surface area (Å²) >= 11 is 8.68. The van der Waals surface area contributed by atoms with Gasteiger partial charge < -0.3 is 9.15 Å². The number of esters is 1. The first-order valence-electron chi connectivity index (χ1n) is 7.66. The number of carbonyl (C=O) groups excluding carboxylic acids is 1. The molecule has 0 saturated heterocycles. The van der Waals surface area contributed by atoms with E-state index < -0.39 is 22.0 Å². The molecule has 8 nitrogen and oxygen atoms in total. The van der Waals surface area contributed by atoms with Gasteiger partial charge in [-0.25, -0.2) is 9.78 Å². The quantitative estimate of drug-likeness (QED) is 0.239. The second-order valence-corrected chi connectivity index (χ2v) is 7.94. The highest BCUT2D eigenvalue weighted by Gasteiger charge is 2.23. The van der Waals surface area contributed by atoms with E-state index in [0.29, 0.717) is 11.5 Å². The fraction of sp³-hybridized carbons (Fsp3) is 0.118. The largest absolute Gasteiger partial charge is 0.464 e. The number of rotatable bonds is 6. The Labute approximate surface area is 171 Å². The van der Waals surface area contributed by atoms with E-state index in [9.17, 15) is 19.7 Å². The van der Waals surface area contributed by atoms with Gasteiger partial charge in [0.15, 0.2) is 4.34 Å². The highest BCUT2D eigenvalue weighted by Crippen LogP contribution is 2.27. The molecule has 28 heavy (non-hydrogen) atoms. The van der Waals surface area contributed by atoms with Crippen LogP contribution in [0.25, 0.3) is 0 Å². The average Bonchev–Trinajstić information content (AvgIpc) is 3.07. The normalized spacial score (nSPS) is 10.6. The predicted octanol–water partition coefficient (Wildman–Crippen LogP) is 4.48. The summed E-state index contributed by atoms with van der Waals surface area (Å²) in [5, 5.41) is 13.1. The van der Waals surface area contributed by atoms with Crippen molar-refractivity contribution in [3.63, 3.8) is 0 Å². The van der Waals surface area contributed by atoms with Crippen molar-refractivity contribution in [2.45, 2.75) is 17.0 Å². The molecule has 0 unspecified atom stereocenters. The zero-order valence-electron chi connectivity index (χ0n) is 14.2. The molecular formula is C17H11ClN2O6S2. The van der Waals surface area contributed by atoms with Crippen molar-refractivity contribution >= 4 is 46.4 Å². The van der Waals surface area contributed by atoms with E-state index in [1.54, 1.807) is 0 Å². The van der Waals surface area contributed by atoms with E-state index >= 15 is 0 Å². The molecule has 0 bridgehead atoms. The Morgan fingerprint density at radius 3 is 2.86 bits per heavy atom. The molecule has 1 aromatic carbocycles. The van der Waals surface area contributed by atoms with Gasteiger partial charge in [0, 0.05) is 28.2 Å². The summed E-state index contributed by atoms with van der Waals surface area (Å²) in [5.74, 6) is -0.715. The van der Waals surface area contributed by atoms with E-state index in [4.69, 9.17) is 20.8 Å². The molecule has 0 aliphatic rings. The monoisotopic (exact) mass is 438 g/mol. The summed E-state index contributed by atoms with van der Waals surface area (Å²) in [6.07, 6.45) is 1.000. The van der Waals surface area contributed by atoms with Crippen LogP contribution in [0.3, 0.4) is 0 Å². The molecule has 0 atom stereocenters. The Kier molecular flexibility index (Phi) is 6.12. The number of nitro groups is 1. The fourth-order valence-corrected chi connectivity index (χ4v) is 4.02. The second-order valence-electron chi connectivity index (χ2n) is 5.43. The lowest BCUT2D eigenvalue weighted by atomic mass is 10.2. The van der Waals surface area contributed by atoms with Gasteiger partial charge in [0.25, 0.3) is 5.69 Å². The van der Waals surface area contributed by atoms with Crippen molar-refractivity contribution in [2.75, 3.05) is 0 Å². The van der Waals surface area contributed by atoms with E-state index in [1.165, 1.54) is 35.2 Å². The molecule has 144 valence electrons. The average molecular weight is 439 g/mol. The molecule has 0 aliphatic carbocycles. The number of nitrogens with zero attached hydrogens (tertiary/aromatic N) is 2. The molecule has 0 aliphatic heterocycles. The number of halogens is 1. The minimum absolute atomic E-state index is 0.120. The third kappa shape index (κ3) is 4.77. The first kappa shape index (κ1) is 20.1. The first-order chi connectivity index (χ1) is 13.3. The van der Waals surface area contributed by atoms with Crippen LogP contribution in [0.5, 0.6) is 5.75 Å². The molecule has 2 heterocycles. The fourth-order valence-electron chi connectivity index (χ4n) is 2.11. The summed E-state index contributed by atoms with van der Waals surface area (Å²) in [7, 11) is 0. The Morgan fingerprint density at radius 2 is 2.21 bits per heavy atom. The topological polar surface area (TPSA) is 113 Å². The Hall–Kier alpha value is -2.69. The van der Waals surface area contributed by atoms with E-state index in [-0.39, 0.29) is 16.3 Å². The van der Waals surface area contributed by atoms with Gasteiger partial charge in [0.2, 0.25) is 11.2 Å². The lowest BCUT2D eigenvalue weighted by molar-refractivity contribution is -0.385. The SMILES string of the molecule is Cc1csc(SCc2cc(=O)c(OC(=O)c3cc(Cl)ccc3[N+](=O)[O-])co2)n1. The molecule has 3 aromatic rings. The molecule has 0 N–H and O–H groups in total. The molecule has 0 amide bonds. The Morgan fingerprint density at radius 1 is 1.43 bits per heavy atom. The second kappa shape index (κ2) is 8.55. The zero-order chi connectivity index (χ0) is 20.3. The Bertz CT molecular complexity index is 1110. The summed E-state index contributed by atoms with van der Waals surface area (Å²) in [6, 6.07) is 4.66. The number of aromatic nitrogens is 1. The number of hydrogen-bond donors (Lipinski definition) is 0. The third-order valence-electron chi connectivity index (χ3n) is 3.37. The number of thioether (sulfide) groups is 1. The van der Waals surface area contributed by atoms with Crippen molar-refractivity contribution in [3.05, 3.63) is 78.3 Å². The van der Waals surface area contributed by atoms with E-state index in [1.807, 2.05) is 12.3 Å². The van der Waals surface area contributed by atoms with Gasteiger partial charge >= 0.3 is 5.97 Å². The van der Waals surface area contributed by atoms with Crippen LogP contribution in [0.2, 0.25) is 5.02 Å². The highest BCUT2D eigenvalue weighted by atomic mass is 35.5. The number of benzene rings is 1. The van der Waals surface area contributed by atoms with Crippen molar-refractivity contribution < 1.29 is 18.9 Å². The van der Waals surface area contributed by atoms with Crippen molar-refractivity contribution in [1.82, 2.24) is 4.98 Å². The number of carbonyl (C=O) groups is 1. The molecule has 0 spiro atoms. The van der Waals surface area contributed by atoms with Crippen LogP contribution in [0.15, 0.2) is 49.5 Å². The maximum absolute atomic E-state index is 12.3. The molecule has 3 rings (SSSR count). The number of nitro benzene ring substituents is 1. The maximum Gasteiger partial charge on any atom is 0.350 e. The van der Waals surface area contributed by atoms with Crippen LogP contribution in [-0.2, 0) is 5.75 Å². The summed E-state index contributed by atoms with van der Waals surface area (Å²) in [6.45, 7) is 1.88. The maximum atomic E-state index is 12.3. The van der Waals surface area contributed by atoms with Crippen molar-refractivity contribution in [2.24, 2.45) is 0 Å². The van der Waals surface area contributed by atoms with Crippen molar-refractivity contribution in [3.8, 4) is 5.75 Å². The van der Waals surface area contributed by atoms with E-state index in [2.05, 4.69) is 4.98 Å². The van der Waals surface area contributed by atoms with Crippen LogP contribution < -0.4 is 10.2 Å². The standard InChI is InChI=1S/C17H11ClN2O6S2/c1-9-7-27-17(19-9)28-8-11-5-14(21)15(6-25-11)26-16(22)12-4-10(18)2-3-13(12)20(23)24/h2-7H,8H2,1H3. The van der Waals surface area contributed by atoms with E-state index in [0.717, 1.165) is 28.4 Å². The third-order valence-corrected chi connectivity index (χ3v) is 5.76. The molecular weight excluding hydrogens is 428 g/mol. The molecule has 0 fully saturated rings. The van der Waals surface area contributed by atoms with Gasteiger partial charge in [-0.05, 0) is 19.1 Å². The smallest absolute Gasteiger partial charge is 0.350 e. The van der Waals surface area contributed by atoms with Gasteiger partial charge in [0.05, 0.1) is 10.7 Å². The summed E-state index contributed by atoms with van der Waals surface area (Å²) in [5.41, 5.74) is -0.525. The van der Waals surface area contributed by atoms with Crippen LogP contribution in [0, 0.1) is 17.0 Å². The predicted molar refractivity (Wildman–Crippen MR) is 104 cm³/mol. The highest BCUT2D eigenvalue weighted by molar-refractivity contribution is 8.00. The minimum atomic E-state index is -1.08. The summed E-state index contributed by atoms with van der Waals surface area (Å²) in [4.78, 5) is 39.1. The van der Waals surface area contributed by atoms with Crippen molar-refractivity contribution in [1.29, 1.82) is 0 Å². The van der Waals surface area contributed by atoms with Gasteiger partial charge in [-0.3, -0.25) is 14.9 Å². The molecule has 0 saturated carbocycles. The molecule has 11 heteroatoms. The molecule has 2 aromatic heterocycles. The number of ether oxygens (including phenoxy) is 1. The summed E-state index contributed by atoms with van der Waals surface area (Å²) < 4.78 is 11.1. The molecule has 0 radical (unpaired) electrons. The number of thiazole rings is 1. The lowest BCUT2D eigenvalue weighted by Crippen LogP contribution is -2.16. The lowest BCUT2D eigenvalue weighted by Gasteiger charge is -2.05. The minimum Gasteiger partial charge on any atom is -0.464 e. The van der Waals surface area contributed by atoms with Crippen LogP contribution in [0.1, 0.15) is 21.8 Å². The van der Waals surface area contributed by atoms with Gasteiger partial charge in [-0.1, -0.05) is 23.4 Å². The van der Waals surface area contributed by atoms with Crippen LogP contribution in [0.4, 0.5) is 5.69 Å². The Balaban J connectivity index is 1.74. The number of aryl methyl sites for hydroxylation is 1. The van der Waals surface area contributed by atoms with Gasteiger partial charge in [0.1, 0.15) is 17.6 Å². The van der Waals surface area contributed by atoms with Gasteiger partial charge in [-0.15, -0.1) is 11.3 Å². The van der Waals surface area contributed by atoms with Gasteiger partial charge in [-0.2, -0.15) is 0 Å². The van der Waals surface area contributed by atoms with Crippen LogP contribution >= 0.6 is 34.7 Å².